The number of hydrogen-bond acceptors (Lipinski definition) is 4. The van der Waals surface area contributed by atoms with Crippen molar-refractivity contribution in [2.24, 2.45) is 5.73 Å². The van der Waals surface area contributed by atoms with Crippen molar-refractivity contribution in [3.63, 3.8) is 0 Å². The van der Waals surface area contributed by atoms with E-state index in [1.54, 1.807) is 0 Å². The molecule has 16 heavy (non-hydrogen) atoms. The molecular formula is C12H25NO3. The fourth-order valence-electron chi connectivity index (χ4n) is 1.48. The number of Topliss-reactive ketones (excluding diaryl/α,β-unsaturated/α-hetero) is 1. The van der Waals surface area contributed by atoms with E-state index in [9.17, 15) is 4.79 Å². The first-order valence-electron chi connectivity index (χ1n) is 6.19. The third kappa shape index (κ3) is 8.83. The first kappa shape index (κ1) is 15.6. The van der Waals surface area contributed by atoms with E-state index in [0.717, 1.165) is 19.3 Å². The van der Waals surface area contributed by atoms with Crippen molar-refractivity contribution in [1.82, 2.24) is 0 Å². The van der Waals surface area contributed by atoms with Gasteiger partial charge in [0.2, 0.25) is 0 Å². The molecule has 0 heterocycles. The summed E-state index contributed by atoms with van der Waals surface area (Å²) in [6.07, 6.45) is 3.46. The van der Waals surface area contributed by atoms with Crippen molar-refractivity contribution >= 4 is 5.78 Å². The lowest BCUT2D eigenvalue weighted by Crippen LogP contribution is -2.17. The molecule has 0 unspecified atom stereocenters. The number of nitrogens with two attached hydrogens (primary N) is 1. The van der Waals surface area contributed by atoms with Crippen LogP contribution in [0.3, 0.4) is 0 Å². The highest BCUT2D eigenvalue weighted by Crippen LogP contribution is 2.08. The Hall–Kier alpha value is -0.450. The molecule has 0 saturated carbocycles. The van der Waals surface area contributed by atoms with Gasteiger partial charge in [-0.05, 0) is 39.7 Å². The molecule has 0 aromatic heterocycles. The Kier molecular flexibility index (Phi) is 10.7. The molecule has 0 bridgehead atoms. The van der Waals surface area contributed by atoms with E-state index in [1.807, 2.05) is 13.8 Å². The molecule has 0 saturated heterocycles. The minimum Gasteiger partial charge on any atom is -0.353 e. The maximum absolute atomic E-state index is 11.4. The van der Waals surface area contributed by atoms with E-state index < -0.39 is 0 Å². The average Bonchev–Trinajstić information content (AvgIpc) is 2.27. The van der Waals surface area contributed by atoms with Crippen molar-refractivity contribution in [3.8, 4) is 0 Å². The zero-order valence-electron chi connectivity index (χ0n) is 10.5. The Morgan fingerprint density at radius 2 is 1.69 bits per heavy atom. The van der Waals surface area contributed by atoms with E-state index in [1.165, 1.54) is 0 Å². The van der Waals surface area contributed by atoms with Crippen LogP contribution in [-0.2, 0) is 14.3 Å². The summed E-state index contributed by atoms with van der Waals surface area (Å²) in [6.45, 7) is 5.76. The molecule has 0 aliphatic rings. The third-order valence-corrected chi connectivity index (χ3v) is 2.26. The Morgan fingerprint density at radius 1 is 1.12 bits per heavy atom. The highest BCUT2D eigenvalue weighted by atomic mass is 16.7. The molecule has 4 heteroatoms. The Morgan fingerprint density at radius 3 is 2.19 bits per heavy atom. The normalized spacial score (nSPS) is 11.0. The lowest BCUT2D eigenvalue weighted by molar-refractivity contribution is -0.141. The van der Waals surface area contributed by atoms with Crippen LogP contribution in [0, 0.1) is 0 Å². The number of rotatable bonds is 11. The van der Waals surface area contributed by atoms with Gasteiger partial charge in [-0.3, -0.25) is 4.79 Å². The van der Waals surface area contributed by atoms with Crippen LogP contribution in [0.2, 0.25) is 0 Å². The zero-order valence-corrected chi connectivity index (χ0v) is 10.5. The molecule has 0 aromatic rings. The van der Waals surface area contributed by atoms with Crippen LogP contribution < -0.4 is 5.73 Å². The lowest BCUT2D eigenvalue weighted by Gasteiger charge is -2.16. The van der Waals surface area contributed by atoms with Crippen molar-refractivity contribution < 1.29 is 14.3 Å². The van der Waals surface area contributed by atoms with E-state index in [2.05, 4.69) is 0 Å². The SMILES string of the molecule is CCOC(CCCC(=O)CCCN)OCC. The zero-order chi connectivity index (χ0) is 12.2. The topological polar surface area (TPSA) is 61.5 Å². The Bertz CT molecular complexity index is 168. The van der Waals surface area contributed by atoms with Crippen LogP contribution in [0.25, 0.3) is 0 Å². The molecule has 0 radical (unpaired) electrons. The number of hydrogen-bond donors (Lipinski definition) is 1. The maximum Gasteiger partial charge on any atom is 0.157 e. The number of carbonyl (C=O) groups is 1. The van der Waals surface area contributed by atoms with Gasteiger partial charge in [-0.15, -0.1) is 0 Å². The predicted octanol–water partition coefficient (Wildman–Crippen LogP) is 1.86. The molecule has 0 aromatic carbocycles. The second-order valence-electron chi connectivity index (χ2n) is 3.66. The average molecular weight is 231 g/mol. The van der Waals surface area contributed by atoms with E-state index >= 15 is 0 Å². The molecule has 4 nitrogen and oxygen atoms in total. The van der Waals surface area contributed by atoms with Crippen LogP contribution in [0.15, 0.2) is 0 Å². The largest absolute Gasteiger partial charge is 0.353 e. The highest BCUT2D eigenvalue weighted by molar-refractivity contribution is 5.78. The number of ether oxygens (including phenoxy) is 2. The second-order valence-corrected chi connectivity index (χ2v) is 3.66. The van der Waals surface area contributed by atoms with Gasteiger partial charge in [-0.25, -0.2) is 0 Å². The molecule has 0 spiro atoms. The van der Waals surface area contributed by atoms with Gasteiger partial charge >= 0.3 is 0 Å². The summed E-state index contributed by atoms with van der Waals surface area (Å²) in [7, 11) is 0. The summed E-state index contributed by atoms with van der Waals surface area (Å²) in [4.78, 5) is 11.4. The monoisotopic (exact) mass is 231 g/mol. The molecule has 96 valence electrons. The number of carbonyl (C=O) groups excluding carboxylic acids is 1. The maximum atomic E-state index is 11.4. The lowest BCUT2D eigenvalue weighted by atomic mass is 10.1. The highest BCUT2D eigenvalue weighted by Gasteiger charge is 2.09. The Balaban J connectivity index is 3.55. The fraction of sp³-hybridized carbons (Fsp3) is 0.917. The van der Waals surface area contributed by atoms with E-state index in [0.29, 0.717) is 32.6 Å². The molecule has 2 N–H and O–H groups in total. The van der Waals surface area contributed by atoms with Crippen molar-refractivity contribution in [2.45, 2.75) is 52.2 Å². The molecule has 0 aliphatic carbocycles. The molecule has 0 amide bonds. The van der Waals surface area contributed by atoms with Gasteiger partial charge in [0.25, 0.3) is 0 Å². The van der Waals surface area contributed by atoms with Gasteiger partial charge < -0.3 is 15.2 Å². The van der Waals surface area contributed by atoms with Crippen LogP contribution in [-0.4, -0.2) is 31.8 Å². The summed E-state index contributed by atoms with van der Waals surface area (Å²) in [5.41, 5.74) is 5.34. The van der Waals surface area contributed by atoms with Gasteiger partial charge in [0.15, 0.2) is 6.29 Å². The molecule has 0 fully saturated rings. The van der Waals surface area contributed by atoms with Gasteiger partial charge in [0.1, 0.15) is 5.78 Å². The summed E-state index contributed by atoms with van der Waals surface area (Å²) in [6, 6.07) is 0. The standard InChI is InChI=1S/C12H25NO3/c1-3-15-12(16-4-2)9-5-7-11(14)8-6-10-13/h12H,3-10,13H2,1-2H3. The van der Waals surface area contributed by atoms with Crippen LogP contribution >= 0.6 is 0 Å². The first-order chi connectivity index (χ1) is 7.74. The minimum atomic E-state index is -0.155. The summed E-state index contributed by atoms with van der Waals surface area (Å²) in [5.74, 6) is 0.289. The van der Waals surface area contributed by atoms with Gasteiger partial charge in [-0.1, -0.05) is 0 Å². The predicted molar refractivity (Wildman–Crippen MR) is 64.2 cm³/mol. The van der Waals surface area contributed by atoms with Crippen molar-refractivity contribution in [2.75, 3.05) is 19.8 Å². The van der Waals surface area contributed by atoms with Crippen LogP contribution in [0.1, 0.15) is 46.0 Å². The summed E-state index contributed by atoms with van der Waals surface area (Å²) in [5, 5.41) is 0. The molecule has 0 atom stereocenters. The molecular weight excluding hydrogens is 206 g/mol. The van der Waals surface area contributed by atoms with Crippen molar-refractivity contribution in [3.05, 3.63) is 0 Å². The molecule has 0 rings (SSSR count). The smallest absolute Gasteiger partial charge is 0.157 e. The van der Waals surface area contributed by atoms with Gasteiger partial charge in [0.05, 0.1) is 0 Å². The van der Waals surface area contributed by atoms with Crippen LogP contribution in [0.4, 0.5) is 0 Å². The third-order valence-electron chi connectivity index (χ3n) is 2.26. The quantitative estimate of drug-likeness (QED) is 0.551. The van der Waals surface area contributed by atoms with E-state index in [-0.39, 0.29) is 12.1 Å². The summed E-state index contributed by atoms with van der Waals surface area (Å²) < 4.78 is 10.8. The van der Waals surface area contributed by atoms with Gasteiger partial charge in [-0.2, -0.15) is 0 Å². The van der Waals surface area contributed by atoms with Gasteiger partial charge in [0, 0.05) is 26.1 Å². The minimum absolute atomic E-state index is 0.155. The van der Waals surface area contributed by atoms with Crippen molar-refractivity contribution in [1.29, 1.82) is 0 Å². The van der Waals surface area contributed by atoms with E-state index in [4.69, 9.17) is 15.2 Å². The Labute approximate surface area is 98.5 Å². The number of ketones is 1. The summed E-state index contributed by atoms with van der Waals surface area (Å²) >= 11 is 0. The first-order valence-corrected chi connectivity index (χ1v) is 6.19. The fourth-order valence-corrected chi connectivity index (χ4v) is 1.48. The van der Waals surface area contributed by atoms with Crippen LogP contribution in [0.5, 0.6) is 0 Å². The molecule has 0 aliphatic heterocycles. The second kappa shape index (κ2) is 11.0.